The van der Waals surface area contributed by atoms with Gasteiger partial charge in [-0.15, -0.1) is 24.0 Å². The van der Waals surface area contributed by atoms with Gasteiger partial charge >= 0.3 is 0 Å². The monoisotopic (exact) mass is 575 g/mol. The summed E-state index contributed by atoms with van der Waals surface area (Å²) in [5.74, 6) is 2.80. The number of piperazine rings is 1. The molecule has 188 valence electrons. The molecule has 2 aliphatic rings. The highest BCUT2D eigenvalue weighted by atomic mass is 127. The van der Waals surface area contributed by atoms with Crippen molar-refractivity contribution in [3.63, 3.8) is 0 Å². The van der Waals surface area contributed by atoms with Crippen molar-refractivity contribution in [1.82, 2.24) is 20.0 Å². The first-order valence-corrected chi connectivity index (χ1v) is 12.0. The number of aliphatic hydroxyl groups is 1. The van der Waals surface area contributed by atoms with Crippen LogP contribution in [0.4, 0.5) is 0 Å². The summed E-state index contributed by atoms with van der Waals surface area (Å²) in [5.41, 5.74) is 1.16. The highest BCUT2D eigenvalue weighted by Gasteiger charge is 2.21. The molecule has 1 aromatic carbocycles. The van der Waals surface area contributed by atoms with Crippen molar-refractivity contribution in [3.05, 3.63) is 23.8 Å². The smallest absolute Gasteiger partial charge is 0.194 e. The number of benzene rings is 1. The molecule has 0 amide bonds. The lowest BCUT2D eigenvalue weighted by Crippen LogP contribution is -2.52. The number of nitrogens with one attached hydrogen (secondary N) is 1. The number of aliphatic hydroxyl groups excluding tert-OH is 1. The summed E-state index contributed by atoms with van der Waals surface area (Å²) in [6, 6.07) is 5.99. The predicted octanol–water partition coefficient (Wildman–Crippen LogP) is 2.25. The van der Waals surface area contributed by atoms with Gasteiger partial charge in [0.15, 0.2) is 5.96 Å². The molecule has 0 atom stereocenters. The molecule has 0 spiro atoms. The summed E-state index contributed by atoms with van der Waals surface area (Å²) in [4.78, 5) is 12.2. The van der Waals surface area contributed by atoms with E-state index in [-0.39, 0.29) is 30.1 Å². The lowest BCUT2D eigenvalue weighted by molar-refractivity contribution is 0.0824. The average Bonchev–Trinajstić information content (AvgIpc) is 2.82. The van der Waals surface area contributed by atoms with E-state index >= 15 is 0 Å². The van der Waals surface area contributed by atoms with Gasteiger partial charge in [-0.05, 0) is 50.9 Å². The molecule has 2 saturated heterocycles. The largest absolute Gasteiger partial charge is 0.497 e. The van der Waals surface area contributed by atoms with Crippen LogP contribution >= 0.6 is 24.0 Å². The first kappa shape index (κ1) is 27.9. The summed E-state index contributed by atoms with van der Waals surface area (Å²) in [5, 5.41) is 13.1. The zero-order valence-corrected chi connectivity index (χ0v) is 22.8. The number of hydrogen-bond acceptors (Lipinski definition) is 6. The van der Waals surface area contributed by atoms with E-state index in [4.69, 9.17) is 14.5 Å². The maximum Gasteiger partial charge on any atom is 0.194 e. The van der Waals surface area contributed by atoms with Crippen molar-refractivity contribution in [2.24, 2.45) is 4.99 Å². The van der Waals surface area contributed by atoms with Crippen LogP contribution in [-0.2, 0) is 6.54 Å². The Morgan fingerprint density at radius 1 is 1.06 bits per heavy atom. The van der Waals surface area contributed by atoms with Crippen LogP contribution in [0.15, 0.2) is 23.2 Å². The van der Waals surface area contributed by atoms with Gasteiger partial charge in [-0.25, -0.2) is 0 Å². The third-order valence-corrected chi connectivity index (χ3v) is 6.34. The van der Waals surface area contributed by atoms with Crippen LogP contribution in [0.2, 0.25) is 0 Å². The normalized spacial score (nSPS) is 18.7. The number of hydrogen-bond donors (Lipinski definition) is 2. The Bertz CT molecular complexity index is 720. The van der Waals surface area contributed by atoms with Crippen LogP contribution in [0.1, 0.15) is 31.7 Å². The number of rotatable bonds is 9. The molecule has 33 heavy (non-hydrogen) atoms. The maximum atomic E-state index is 9.65. The number of piperidine rings is 1. The van der Waals surface area contributed by atoms with Crippen LogP contribution in [0, 0.1) is 0 Å². The molecule has 3 rings (SSSR count). The maximum absolute atomic E-state index is 9.65. The summed E-state index contributed by atoms with van der Waals surface area (Å²) in [6.45, 7) is 11.7. The molecule has 2 heterocycles. The molecule has 0 aromatic heterocycles. The highest BCUT2D eigenvalue weighted by molar-refractivity contribution is 14.0. The molecule has 0 saturated carbocycles. The van der Waals surface area contributed by atoms with Crippen molar-refractivity contribution < 1.29 is 14.6 Å². The zero-order valence-electron chi connectivity index (χ0n) is 20.5. The summed E-state index contributed by atoms with van der Waals surface area (Å²) in [6.07, 6.45) is 2.75. The lowest BCUT2D eigenvalue weighted by atomic mass is 10.1. The Hall–Kier alpha value is -1.30. The molecular weight excluding hydrogens is 533 g/mol. The van der Waals surface area contributed by atoms with Gasteiger partial charge in [-0.1, -0.05) is 0 Å². The van der Waals surface area contributed by atoms with Crippen molar-refractivity contribution >= 4 is 29.9 Å². The fourth-order valence-corrected chi connectivity index (χ4v) is 4.41. The summed E-state index contributed by atoms with van der Waals surface area (Å²) < 4.78 is 10.9. The predicted molar refractivity (Wildman–Crippen MR) is 144 cm³/mol. The number of methoxy groups -OCH3 is 2. The second-order valence-corrected chi connectivity index (χ2v) is 8.60. The van der Waals surface area contributed by atoms with E-state index in [0.29, 0.717) is 0 Å². The molecule has 2 N–H and O–H groups in total. The van der Waals surface area contributed by atoms with Crippen LogP contribution in [0.5, 0.6) is 11.5 Å². The number of nitrogens with zero attached hydrogens (tertiary/aromatic N) is 4. The van der Waals surface area contributed by atoms with Crippen LogP contribution < -0.4 is 14.8 Å². The van der Waals surface area contributed by atoms with Crippen LogP contribution in [0.3, 0.4) is 0 Å². The van der Waals surface area contributed by atoms with E-state index in [1.807, 2.05) is 12.1 Å². The second kappa shape index (κ2) is 14.9. The third kappa shape index (κ3) is 8.77. The second-order valence-electron chi connectivity index (χ2n) is 8.60. The fraction of sp³-hybridized carbons (Fsp3) is 0.708. The van der Waals surface area contributed by atoms with Gasteiger partial charge in [0, 0.05) is 64.5 Å². The molecule has 0 bridgehead atoms. The van der Waals surface area contributed by atoms with Crippen molar-refractivity contribution in [3.8, 4) is 11.5 Å². The standard InChI is InChI=1S/C24H41N5O3.HI/c1-4-25-24(26-10-5-11-27-12-8-21(30)9-13-27)29-16-14-28(15-17-29)19-20-18-22(31-2)6-7-23(20)32-3;/h6-7,18,21,30H,4-5,8-17,19H2,1-3H3,(H,25,26);1H. The minimum Gasteiger partial charge on any atom is -0.497 e. The number of ether oxygens (including phenoxy) is 2. The van der Waals surface area contributed by atoms with Gasteiger partial charge in [0.25, 0.3) is 0 Å². The fourth-order valence-electron chi connectivity index (χ4n) is 4.41. The summed E-state index contributed by atoms with van der Waals surface area (Å²) in [7, 11) is 3.42. The van der Waals surface area contributed by atoms with Crippen LogP contribution in [0.25, 0.3) is 0 Å². The third-order valence-electron chi connectivity index (χ3n) is 6.34. The van der Waals surface area contributed by atoms with Gasteiger partial charge in [0.2, 0.25) is 0 Å². The topological polar surface area (TPSA) is 72.8 Å². The molecule has 2 fully saturated rings. The molecule has 0 radical (unpaired) electrons. The molecule has 1 aromatic rings. The van der Waals surface area contributed by atoms with Gasteiger partial charge in [0.1, 0.15) is 11.5 Å². The van der Waals surface area contributed by atoms with Crippen molar-refractivity contribution in [2.75, 3.05) is 73.1 Å². The number of aliphatic imine (C=N–C) groups is 1. The van der Waals surface area contributed by atoms with Crippen molar-refractivity contribution in [1.29, 1.82) is 0 Å². The molecule has 0 aliphatic carbocycles. The van der Waals surface area contributed by atoms with E-state index in [9.17, 15) is 5.11 Å². The number of halogens is 1. The van der Waals surface area contributed by atoms with E-state index in [1.54, 1.807) is 14.2 Å². The molecule has 9 heteroatoms. The van der Waals surface area contributed by atoms with E-state index in [1.165, 1.54) is 0 Å². The van der Waals surface area contributed by atoms with Gasteiger partial charge < -0.3 is 29.7 Å². The molecular formula is C24H42IN5O3. The Morgan fingerprint density at radius 2 is 1.79 bits per heavy atom. The van der Waals surface area contributed by atoms with E-state index in [2.05, 4.69) is 33.0 Å². The SMILES string of the molecule is CCNC(=NCCCN1CCC(O)CC1)N1CCN(Cc2cc(OC)ccc2OC)CC1.I. The van der Waals surface area contributed by atoms with Crippen molar-refractivity contribution in [2.45, 2.75) is 38.8 Å². The van der Waals surface area contributed by atoms with Gasteiger partial charge in [-0.2, -0.15) is 0 Å². The van der Waals surface area contributed by atoms with Crippen LogP contribution in [-0.4, -0.2) is 105 Å². The Balaban J connectivity index is 0.00000385. The molecule has 8 nitrogen and oxygen atoms in total. The Kier molecular flexibility index (Phi) is 12.6. The lowest BCUT2D eigenvalue weighted by Gasteiger charge is -2.36. The quantitative estimate of drug-likeness (QED) is 0.203. The Morgan fingerprint density at radius 3 is 2.42 bits per heavy atom. The minimum absolute atomic E-state index is 0. The first-order chi connectivity index (χ1) is 15.6. The first-order valence-electron chi connectivity index (χ1n) is 12.0. The molecule has 2 aliphatic heterocycles. The number of likely N-dealkylation sites (tertiary alicyclic amines) is 1. The van der Waals surface area contributed by atoms with E-state index < -0.39 is 0 Å². The minimum atomic E-state index is -0.103. The van der Waals surface area contributed by atoms with Gasteiger partial charge in [-0.3, -0.25) is 9.89 Å². The van der Waals surface area contributed by atoms with E-state index in [0.717, 1.165) is 108 Å². The average molecular weight is 576 g/mol. The number of guanidine groups is 1. The summed E-state index contributed by atoms with van der Waals surface area (Å²) >= 11 is 0. The zero-order chi connectivity index (χ0) is 22.8. The molecule has 0 unspecified atom stereocenters. The van der Waals surface area contributed by atoms with Gasteiger partial charge in [0.05, 0.1) is 20.3 Å². The Labute approximate surface area is 216 Å². The highest BCUT2D eigenvalue weighted by Crippen LogP contribution is 2.25.